The van der Waals surface area contributed by atoms with Gasteiger partial charge in [-0.1, -0.05) is 0 Å². The van der Waals surface area contributed by atoms with Crippen LogP contribution in [0.25, 0.3) is 0 Å². The number of benzene rings is 1. The van der Waals surface area contributed by atoms with Crippen LogP contribution in [0.3, 0.4) is 0 Å². The van der Waals surface area contributed by atoms with Gasteiger partial charge in [-0.05, 0) is 24.3 Å². The third-order valence-corrected chi connectivity index (χ3v) is 2.08. The predicted molar refractivity (Wildman–Crippen MR) is 63.7 cm³/mol. The second-order valence-corrected chi connectivity index (χ2v) is 3.59. The number of aliphatic hydroxyl groups is 1. The molecule has 4 N–H and O–H groups in total. The molecule has 1 rings (SSSR count). The van der Waals surface area contributed by atoms with Crippen LogP contribution < -0.4 is 15.4 Å². The molecule has 7 nitrogen and oxygen atoms in total. The zero-order valence-corrected chi connectivity index (χ0v) is 10.0. The number of alkyl halides is 2. The first-order valence-electron chi connectivity index (χ1n) is 5.39. The Balaban J connectivity index is 2.44. The summed E-state index contributed by atoms with van der Waals surface area (Å²) in [4.78, 5) is 21.6. The summed E-state index contributed by atoms with van der Waals surface area (Å²) in [5, 5.41) is 21.8. The van der Waals surface area contributed by atoms with Crippen molar-refractivity contribution in [2.45, 2.75) is 12.7 Å². The molecule has 20 heavy (non-hydrogen) atoms. The molecule has 0 fully saturated rings. The molecule has 110 valence electrons. The van der Waals surface area contributed by atoms with E-state index in [1.165, 1.54) is 24.3 Å². The number of hydrogen-bond acceptors (Lipinski definition) is 4. The fourth-order valence-electron chi connectivity index (χ4n) is 1.17. The first kappa shape index (κ1) is 15.6. The second kappa shape index (κ2) is 7.24. The van der Waals surface area contributed by atoms with Crippen LogP contribution in [0, 0.1) is 0 Å². The quantitative estimate of drug-likeness (QED) is 0.621. The Hall–Kier alpha value is -2.42. The van der Waals surface area contributed by atoms with Crippen molar-refractivity contribution in [3.8, 4) is 5.75 Å². The van der Waals surface area contributed by atoms with Gasteiger partial charge in [-0.3, -0.25) is 0 Å². The molecule has 0 aliphatic rings. The summed E-state index contributed by atoms with van der Waals surface area (Å²) in [5.41, 5.74) is 0.286. The van der Waals surface area contributed by atoms with E-state index < -0.39 is 31.3 Å². The van der Waals surface area contributed by atoms with Crippen LogP contribution in [0.4, 0.5) is 19.3 Å². The van der Waals surface area contributed by atoms with Gasteiger partial charge >= 0.3 is 18.6 Å². The van der Waals surface area contributed by atoms with Gasteiger partial charge in [0.2, 0.25) is 0 Å². The number of aliphatic carboxylic acids is 1. The summed E-state index contributed by atoms with van der Waals surface area (Å²) >= 11 is 0. The lowest BCUT2D eigenvalue weighted by Gasteiger charge is -2.10. The van der Waals surface area contributed by atoms with Crippen molar-refractivity contribution in [3.05, 3.63) is 24.3 Å². The Bertz CT molecular complexity index is 466. The SMILES string of the molecule is O=C(NCC(O)C(=O)O)Nc1ccc(OC(F)F)cc1. The van der Waals surface area contributed by atoms with Crippen LogP contribution >= 0.6 is 0 Å². The molecule has 0 spiro atoms. The first-order valence-corrected chi connectivity index (χ1v) is 5.39. The van der Waals surface area contributed by atoms with Gasteiger partial charge in [-0.2, -0.15) is 8.78 Å². The van der Waals surface area contributed by atoms with E-state index in [9.17, 15) is 18.4 Å². The lowest BCUT2D eigenvalue weighted by molar-refractivity contribution is -0.146. The van der Waals surface area contributed by atoms with Crippen LogP contribution in [0.15, 0.2) is 24.3 Å². The number of carboxylic acid groups (broad SMARTS) is 1. The summed E-state index contributed by atoms with van der Waals surface area (Å²) in [6.45, 7) is -3.40. The summed E-state index contributed by atoms with van der Waals surface area (Å²) in [6, 6.07) is 4.37. The lowest BCUT2D eigenvalue weighted by Crippen LogP contribution is -2.38. The number of anilines is 1. The van der Waals surface area contributed by atoms with Crippen LogP contribution in [-0.2, 0) is 4.79 Å². The molecule has 1 aromatic rings. The number of aliphatic hydroxyl groups excluding tert-OH is 1. The van der Waals surface area contributed by atoms with Crippen molar-refractivity contribution in [3.63, 3.8) is 0 Å². The van der Waals surface area contributed by atoms with E-state index >= 15 is 0 Å². The summed E-state index contributed by atoms with van der Waals surface area (Å²) < 4.78 is 27.9. The maximum Gasteiger partial charge on any atom is 0.387 e. The third-order valence-electron chi connectivity index (χ3n) is 2.08. The average Bonchev–Trinajstić information content (AvgIpc) is 2.37. The molecule has 0 saturated heterocycles. The standard InChI is InChI=1S/C11H12F2N2O5/c12-10(13)20-7-3-1-6(2-4-7)15-11(19)14-5-8(16)9(17)18/h1-4,8,10,16H,5H2,(H,17,18)(H2,14,15,19). The minimum Gasteiger partial charge on any atom is -0.479 e. The largest absolute Gasteiger partial charge is 0.479 e. The van der Waals surface area contributed by atoms with Gasteiger partial charge in [0.05, 0.1) is 6.54 Å². The van der Waals surface area contributed by atoms with Gasteiger partial charge in [0.15, 0.2) is 6.10 Å². The molecule has 0 aromatic heterocycles. The number of carbonyl (C=O) groups is 2. The predicted octanol–water partition coefficient (Wildman–Crippen LogP) is 0.855. The van der Waals surface area contributed by atoms with Gasteiger partial charge in [-0.25, -0.2) is 9.59 Å². The van der Waals surface area contributed by atoms with Crippen molar-refractivity contribution in [1.29, 1.82) is 0 Å². The van der Waals surface area contributed by atoms with Gasteiger partial charge in [0.25, 0.3) is 0 Å². The monoisotopic (exact) mass is 290 g/mol. The highest BCUT2D eigenvalue weighted by Crippen LogP contribution is 2.17. The van der Waals surface area contributed by atoms with E-state index in [4.69, 9.17) is 10.2 Å². The Morgan fingerprint density at radius 3 is 2.35 bits per heavy atom. The number of hydrogen-bond donors (Lipinski definition) is 4. The smallest absolute Gasteiger partial charge is 0.387 e. The van der Waals surface area contributed by atoms with Gasteiger partial charge < -0.3 is 25.6 Å². The number of carboxylic acids is 1. The van der Waals surface area contributed by atoms with Gasteiger partial charge in [-0.15, -0.1) is 0 Å². The molecule has 0 saturated carbocycles. The van der Waals surface area contributed by atoms with E-state index in [2.05, 4.69) is 15.4 Å². The van der Waals surface area contributed by atoms with Crippen LogP contribution in [-0.4, -0.2) is 41.5 Å². The van der Waals surface area contributed by atoms with E-state index in [0.29, 0.717) is 0 Å². The molecule has 0 bridgehead atoms. The Kier molecular flexibility index (Phi) is 5.66. The second-order valence-electron chi connectivity index (χ2n) is 3.59. The summed E-state index contributed by atoms with van der Waals surface area (Å²) in [6.07, 6.45) is -1.71. The van der Waals surface area contributed by atoms with Crippen molar-refractivity contribution in [2.24, 2.45) is 0 Å². The Morgan fingerprint density at radius 1 is 1.25 bits per heavy atom. The molecular weight excluding hydrogens is 278 g/mol. The maximum absolute atomic E-state index is 11.9. The minimum absolute atomic E-state index is 0.0627. The number of halogens is 2. The molecule has 0 aliphatic heterocycles. The highest BCUT2D eigenvalue weighted by molar-refractivity contribution is 5.89. The van der Waals surface area contributed by atoms with Crippen LogP contribution in [0.1, 0.15) is 0 Å². The number of ether oxygens (including phenoxy) is 1. The van der Waals surface area contributed by atoms with Gasteiger partial charge in [0.1, 0.15) is 5.75 Å². The molecule has 9 heteroatoms. The molecule has 0 aliphatic carbocycles. The number of nitrogens with one attached hydrogen (secondary N) is 2. The highest BCUT2D eigenvalue weighted by Gasteiger charge is 2.14. The Labute approximate surface area is 112 Å². The molecular formula is C11H12F2N2O5. The van der Waals surface area contributed by atoms with E-state index in [0.717, 1.165) is 0 Å². The number of rotatable bonds is 6. The number of carbonyl (C=O) groups excluding carboxylic acids is 1. The molecule has 1 aromatic carbocycles. The van der Waals surface area contributed by atoms with Crippen molar-refractivity contribution in [2.75, 3.05) is 11.9 Å². The highest BCUT2D eigenvalue weighted by atomic mass is 19.3. The summed E-state index contributed by atoms with van der Waals surface area (Å²) in [7, 11) is 0. The van der Waals surface area contributed by atoms with E-state index in [-0.39, 0.29) is 11.4 Å². The van der Waals surface area contributed by atoms with Crippen LogP contribution in [0.5, 0.6) is 5.75 Å². The topological polar surface area (TPSA) is 108 Å². The zero-order chi connectivity index (χ0) is 15.1. The minimum atomic E-state index is -2.94. The number of urea groups is 1. The molecule has 0 radical (unpaired) electrons. The van der Waals surface area contributed by atoms with Crippen molar-refractivity contribution in [1.82, 2.24) is 5.32 Å². The van der Waals surface area contributed by atoms with Crippen LogP contribution in [0.2, 0.25) is 0 Å². The maximum atomic E-state index is 11.9. The first-order chi connectivity index (χ1) is 9.38. The molecule has 2 amide bonds. The molecule has 1 atom stereocenters. The van der Waals surface area contributed by atoms with Crippen molar-refractivity contribution >= 4 is 17.7 Å². The fourth-order valence-corrected chi connectivity index (χ4v) is 1.17. The van der Waals surface area contributed by atoms with Crippen molar-refractivity contribution < 1.29 is 33.3 Å². The normalized spacial score (nSPS) is 11.8. The lowest BCUT2D eigenvalue weighted by atomic mass is 10.3. The number of amides is 2. The zero-order valence-electron chi connectivity index (χ0n) is 10.0. The average molecular weight is 290 g/mol. The molecule has 1 unspecified atom stereocenters. The third kappa shape index (κ3) is 5.48. The Morgan fingerprint density at radius 2 is 1.85 bits per heavy atom. The summed E-state index contributed by atoms with van der Waals surface area (Å²) in [5.74, 6) is -1.52. The van der Waals surface area contributed by atoms with Gasteiger partial charge in [0, 0.05) is 5.69 Å². The van der Waals surface area contributed by atoms with E-state index in [1.54, 1.807) is 0 Å². The fraction of sp³-hybridized carbons (Fsp3) is 0.273. The molecule has 0 heterocycles. The van der Waals surface area contributed by atoms with E-state index in [1.807, 2.05) is 0 Å².